The Morgan fingerprint density at radius 2 is 1.56 bits per heavy atom. The van der Waals surface area contributed by atoms with E-state index in [-0.39, 0.29) is 5.91 Å². The number of carbonyl (C=O) groups excluding carboxylic acids is 2. The Kier molecular flexibility index (Phi) is 7.28. The molecule has 0 aliphatic carbocycles. The highest BCUT2D eigenvalue weighted by molar-refractivity contribution is 6.50. The third kappa shape index (κ3) is 6.16. The van der Waals surface area contributed by atoms with Gasteiger partial charge in [-0.1, -0.05) is 34.8 Å². The van der Waals surface area contributed by atoms with E-state index in [1.807, 2.05) is 0 Å². The summed E-state index contributed by atoms with van der Waals surface area (Å²) in [6, 6.07) is 9.36. The Morgan fingerprint density at radius 1 is 0.963 bits per heavy atom. The molecular weight excluding hydrogens is 453 g/mol. The molecule has 2 aromatic rings. The molecule has 4 nitrogen and oxygen atoms in total. The fraction of sp³-hybridized carbons (Fsp3) is 0.222. The zero-order valence-electron chi connectivity index (χ0n) is 14.2. The van der Waals surface area contributed by atoms with Crippen LogP contribution in [-0.2, 0) is 9.59 Å². The van der Waals surface area contributed by atoms with Crippen molar-refractivity contribution in [2.75, 3.05) is 10.6 Å². The molecule has 2 N–H and O–H groups in total. The van der Waals surface area contributed by atoms with Crippen LogP contribution in [0.1, 0.15) is 25.3 Å². The Labute approximate surface area is 182 Å². The predicted molar refractivity (Wildman–Crippen MR) is 114 cm³/mol. The molecule has 2 rings (SSSR count). The molecule has 27 heavy (non-hydrogen) atoms. The predicted octanol–water partition coefficient (Wildman–Crippen LogP) is 6.52. The first-order valence-electron chi connectivity index (χ1n) is 7.69. The molecule has 0 radical (unpaired) electrons. The summed E-state index contributed by atoms with van der Waals surface area (Å²) in [4.78, 5) is 24.2. The van der Waals surface area contributed by atoms with E-state index in [4.69, 9.17) is 58.0 Å². The average Bonchev–Trinajstić information content (AvgIpc) is 2.47. The molecular formula is C18H15Cl5N2O2. The van der Waals surface area contributed by atoms with E-state index in [9.17, 15) is 9.59 Å². The van der Waals surface area contributed by atoms with Gasteiger partial charge in [0.15, 0.2) is 0 Å². The number of benzene rings is 2. The normalized spacial score (nSPS) is 12.4. The van der Waals surface area contributed by atoms with Crippen molar-refractivity contribution in [3.05, 3.63) is 57.0 Å². The number of hydrogen-bond donors (Lipinski definition) is 2. The molecule has 0 spiro atoms. The van der Waals surface area contributed by atoms with Crippen LogP contribution in [0.4, 0.5) is 11.4 Å². The van der Waals surface area contributed by atoms with Gasteiger partial charge in [0.1, 0.15) is 4.33 Å². The van der Waals surface area contributed by atoms with Crippen molar-refractivity contribution in [1.82, 2.24) is 0 Å². The smallest absolute Gasteiger partial charge is 0.234 e. The van der Waals surface area contributed by atoms with Gasteiger partial charge < -0.3 is 10.6 Å². The van der Waals surface area contributed by atoms with Crippen LogP contribution in [0.15, 0.2) is 36.4 Å². The van der Waals surface area contributed by atoms with Gasteiger partial charge in [0.05, 0.1) is 16.6 Å². The summed E-state index contributed by atoms with van der Waals surface area (Å²) in [5.74, 6) is -1.73. The van der Waals surface area contributed by atoms with Gasteiger partial charge in [0.25, 0.3) is 0 Å². The van der Waals surface area contributed by atoms with Crippen LogP contribution in [0.25, 0.3) is 0 Å². The fourth-order valence-electron chi connectivity index (χ4n) is 2.52. The molecule has 0 saturated carbocycles. The number of anilines is 2. The summed E-state index contributed by atoms with van der Waals surface area (Å²) in [5.41, 5.74) is 1.24. The largest absolute Gasteiger partial charge is 0.325 e. The second-order valence-electron chi connectivity index (χ2n) is 5.96. The first-order valence-corrected chi connectivity index (χ1v) is 9.58. The monoisotopic (exact) mass is 466 g/mol. The molecule has 0 fully saturated rings. The van der Waals surface area contributed by atoms with Crippen LogP contribution in [0.5, 0.6) is 0 Å². The minimum Gasteiger partial charge on any atom is -0.325 e. The molecule has 0 aliphatic rings. The Bertz CT molecular complexity index is 860. The molecule has 0 heterocycles. The molecule has 2 aromatic carbocycles. The van der Waals surface area contributed by atoms with Crippen LogP contribution >= 0.6 is 58.0 Å². The Morgan fingerprint density at radius 3 is 2.07 bits per heavy atom. The van der Waals surface area contributed by atoms with E-state index >= 15 is 0 Å². The lowest BCUT2D eigenvalue weighted by molar-refractivity contribution is -0.118. The van der Waals surface area contributed by atoms with Crippen LogP contribution < -0.4 is 10.6 Å². The first kappa shape index (κ1) is 22.1. The molecule has 0 aliphatic heterocycles. The van der Waals surface area contributed by atoms with Gasteiger partial charge in [-0.25, -0.2) is 0 Å². The van der Waals surface area contributed by atoms with Crippen molar-refractivity contribution in [3.63, 3.8) is 0 Å². The maximum atomic E-state index is 12.9. The van der Waals surface area contributed by atoms with Crippen LogP contribution in [0.3, 0.4) is 0 Å². The maximum Gasteiger partial charge on any atom is 0.234 e. The highest BCUT2D eigenvalue weighted by atomic mass is 35.5. The SMILES string of the molecule is CC(=O)Nc1cc(NC(=O)C(c2cc(Cl)cc(Cl)c2)C(C)(Cl)Cl)ccc1Cl. The lowest BCUT2D eigenvalue weighted by atomic mass is 9.94. The summed E-state index contributed by atoms with van der Waals surface area (Å²) in [6.07, 6.45) is 0. The standard InChI is InChI=1S/C18H15Cl5N2O2/c1-9(26)24-15-8-13(3-4-14(15)21)25-17(27)16(18(2,22)23)10-5-11(19)7-12(20)6-10/h3-8,16H,1-2H3,(H,24,26)(H,25,27). The van der Waals surface area contributed by atoms with Crippen molar-refractivity contribution >= 4 is 81.2 Å². The fourth-order valence-corrected chi connectivity index (χ4v) is 3.68. The highest BCUT2D eigenvalue weighted by Crippen LogP contribution is 2.40. The van der Waals surface area contributed by atoms with Gasteiger partial charge in [0, 0.05) is 22.7 Å². The first-order chi connectivity index (χ1) is 12.5. The van der Waals surface area contributed by atoms with E-state index in [1.165, 1.54) is 19.9 Å². The maximum absolute atomic E-state index is 12.9. The van der Waals surface area contributed by atoms with Crippen LogP contribution in [0.2, 0.25) is 15.1 Å². The Hall–Kier alpha value is -1.17. The molecule has 0 aromatic heterocycles. The second-order valence-corrected chi connectivity index (χ2v) is 9.00. The van der Waals surface area contributed by atoms with Gasteiger partial charge >= 0.3 is 0 Å². The number of rotatable bonds is 5. The van der Waals surface area contributed by atoms with Gasteiger partial charge in [-0.15, -0.1) is 23.2 Å². The van der Waals surface area contributed by atoms with E-state index in [0.29, 0.717) is 32.0 Å². The summed E-state index contributed by atoms with van der Waals surface area (Å²) >= 11 is 30.7. The second kappa shape index (κ2) is 8.89. The lowest BCUT2D eigenvalue weighted by Gasteiger charge is -2.26. The number of hydrogen-bond acceptors (Lipinski definition) is 2. The topological polar surface area (TPSA) is 58.2 Å². The minimum atomic E-state index is -1.44. The quantitative estimate of drug-likeness (QED) is 0.491. The molecule has 0 saturated heterocycles. The number of nitrogens with one attached hydrogen (secondary N) is 2. The van der Waals surface area contributed by atoms with Crippen molar-refractivity contribution in [1.29, 1.82) is 0 Å². The summed E-state index contributed by atoms with van der Waals surface area (Å²) < 4.78 is -1.44. The van der Waals surface area contributed by atoms with Crippen LogP contribution in [-0.4, -0.2) is 16.1 Å². The van der Waals surface area contributed by atoms with Crippen molar-refractivity contribution in [2.24, 2.45) is 0 Å². The van der Waals surface area contributed by atoms with Gasteiger partial charge in [-0.2, -0.15) is 0 Å². The molecule has 1 unspecified atom stereocenters. The van der Waals surface area contributed by atoms with E-state index < -0.39 is 16.2 Å². The summed E-state index contributed by atoms with van der Waals surface area (Å²) in [7, 11) is 0. The van der Waals surface area contributed by atoms with Crippen LogP contribution in [0, 0.1) is 0 Å². The number of alkyl halides is 2. The number of halogens is 5. The lowest BCUT2D eigenvalue weighted by Crippen LogP contribution is -2.32. The Balaban J connectivity index is 2.36. The van der Waals surface area contributed by atoms with E-state index in [0.717, 1.165) is 0 Å². The molecule has 9 heteroatoms. The van der Waals surface area contributed by atoms with Gasteiger partial charge in [0.2, 0.25) is 11.8 Å². The highest BCUT2D eigenvalue weighted by Gasteiger charge is 2.37. The number of carbonyl (C=O) groups is 2. The van der Waals surface area contributed by atoms with Crippen molar-refractivity contribution in [3.8, 4) is 0 Å². The van der Waals surface area contributed by atoms with Gasteiger partial charge in [-0.3, -0.25) is 9.59 Å². The average molecular weight is 469 g/mol. The molecule has 2 amide bonds. The molecule has 0 bridgehead atoms. The van der Waals surface area contributed by atoms with E-state index in [1.54, 1.807) is 30.3 Å². The third-order valence-electron chi connectivity index (χ3n) is 3.53. The van der Waals surface area contributed by atoms with Crippen molar-refractivity contribution in [2.45, 2.75) is 24.1 Å². The van der Waals surface area contributed by atoms with E-state index in [2.05, 4.69) is 10.6 Å². The molecule has 1 atom stereocenters. The minimum absolute atomic E-state index is 0.291. The summed E-state index contributed by atoms with van der Waals surface area (Å²) in [5, 5.41) is 6.35. The zero-order valence-corrected chi connectivity index (χ0v) is 18.0. The third-order valence-corrected chi connectivity index (χ3v) is 4.73. The van der Waals surface area contributed by atoms with Crippen molar-refractivity contribution < 1.29 is 9.59 Å². The number of amides is 2. The summed E-state index contributed by atoms with van der Waals surface area (Å²) in [6.45, 7) is 2.85. The van der Waals surface area contributed by atoms with Gasteiger partial charge in [-0.05, 0) is 48.9 Å². The zero-order chi connectivity index (χ0) is 20.4. The molecule has 144 valence electrons.